The Morgan fingerprint density at radius 2 is 2.25 bits per heavy atom. The van der Waals surface area contributed by atoms with E-state index in [2.05, 4.69) is 5.92 Å². The first-order valence-corrected chi connectivity index (χ1v) is 6.17. The predicted octanol–water partition coefficient (Wildman–Crippen LogP) is 2.27. The average Bonchev–Trinajstić information content (AvgIpc) is 2.67. The van der Waals surface area contributed by atoms with Gasteiger partial charge in [0.15, 0.2) is 0 Å². The Balaban J connectivity index is 2.09. The van der Waals surface area contributed by atoms with Crippen molar-refractivity contribution in [2.45, 2.75) is 38.6 Å². The van der Waals surface area contributed by atoms with E-state index >= 15 is 0 Å². The fourth-order valence-electron chi connectivity index (χ4n) is 3.08. The lowest BCUT2D eigenvalue weighted by Gasteiger charge is -2.26. The summed E-state index contributed by atoms with van der Waals surface area (Å²) in [4.78, 5) is 13.5. The Kier molecular flexibility index (Phi) is 3.38. The minimum absolute atomic E-state index is 0.0376. The van der Waals surface area contributed by atoms with E-state index in [1.807, 2.05) is 6.92 Å². The molecule has 1 saturated carbocycles. The van der Waals surface area contributed by atoms with Crippen molar-refractivity contribution in [2.24, 2.45) is 11.8 Å². The molecule has 2 aliphatic rings. The van der Waals surface area contributed by atoms with E-state index in [9.17, 15) is 4.79 Å². The molecule has 1 aliphatic heterocycles. The van der Waals surface area contributed by atoms with Gasteiger partial charge in [0.1, 0.15) is 0 Å². The summed E-state index contributed by atoms with van der Waals surface area (Å²) >= 11 is 0. The molecule has 0 aromatic rings. The van der Waals surface area contributed by atoms with Crippen molar-refractivity contribution in [3.8, 4) is 12.3 Å². The Bertz CT molecular complexity index is 308. The van der Waals surface area contributed by atoms with Crippen molar-refractivity contribution in [1.82, 2.24) is 4.90 Å². The SMILES string of the molecule is C#CC1C2CCCCC2CN1C(=O)OCC. The van der Waals surface area contributed by atoms with Crippen molar-refractivity contribution >= 4 is 6.09 Å². The van der Waals surface area contributed by atoms with Crippen molar-refractivity contribution in [1.29, 1.82) is 0 Å². The van der Waals surface area contributed by atoms with Gasteiger partial charge in [-0.2, -0.15) is 0 Å². The van der Waals surface area contributed by atoms with Crippen LogP contribution in [0.5, 0.6) is 0 Å². The van der Waals surface area contributed by atoms with Crippen LogP contribution in [-0.4, -0.2) is 30.2 Å². The van der Waals surface area contributed by atoms with E-state index in [0.717, 1.165) is 13.0 Å². The first-order chi connectivity index (χ1) is 7.77. The van der Waals surface area contributed by atoms with Gasteiger partial charge in [-0.1, -0.05) is 18.8 Å². The van der Waals surface area contributed by atoms with Crippen LogP contribution < -0.4 is 0 Å². The quantitative estimate of drug-likeness (QED) is 0.636. The lowest BCUT2D eigenvalue weighted by atomic mass is 9.79. The second-order valence-corrected chi connectivity index (χ2v) is 4.67. The molecular formula is C13H19NO2. The third kappa shape index (κ3) is 1.89. The zero-order valence-electron chi connectivity index (χ0n) is 9.82. The minimum Gasteiger partial charge on any atom is -0.450 e. The number of carbonyl (C=O) groups is 1. The molecular weight excluding hydrogens is 202 g/mol. The van der Waals surface area contributed by atoms with E-state index in [-0.39, 0.29) is 12.1 Å². The van der Waals surface area contributed by atoms with Gasteiger partial charge >= 0.3 is 6.09 Å². The normalized spacial score (nSPS) is 33.0. The van der Waals surface area contributed by atoms with Crippen LogP contribution in [0.1, 0.15) is 32.6 Å². The maximum absolute atomic E-state index is 11.8. The Morgan fingerprint density at radius 1 is 1.50 bits per heavy atom. The predicted molar refractivity (Wildman–Crippen MR) is 61.8 cm³/mol. The number of likely N-dealkylation sites (tertiary alicyclic amines) is 1. The summed E-state index contributed by atoms with van der Waals surface area (Å²) in [6, 6.07) is -0.0376. The van der Waals surface area contributed by atoms with Gasteiger partial charge in [-0.25, -0.2) is 4.79 Å². The molecule has 2 fully saturated rings. The third-order valence-corrected chi connectivity index (χ3v) is 3.81. The van der Waals surface area contributed by atoms with E-state index in [0.29, 0.717) is 18.4 Å². The molecule has 3 heteroatoms. The summed E-state index contributed by atoms with van der Waals surface area (Å²) in [7, 11) is 0. The van der Waals surface area contributed by atoms with Crippen molar-refractivity contribution in [2.75, 3.05) is 13.2 Å². The van der Waals surface area contributed by atoms with Gasteiger partial charge in [0.05, 0.1) is 12.6 Å². The van der Waals surface area contributed by atoms with Gasteiger partial charge in [-0.15, -0.1) is 6.42 Å². The van der Waals surface area contributed by atoms with Crippen molar-refractivity contribution < 1.29 is 9.53 Å². The molecule has 16 heavy (non-hydrogen) atoms. The minimum atomic E-state index is -0.236. The molecule has 88 valence electrons. The van der Waals surface area contributed by atoms with Crippen LogP contribution in [-0.2, 0) is 4.74 Å². The molecule has 0 radical (unpaired) electrons. The summed E-state index contributed by atoms with van der Waals surface area (Å²) in [5.74, 6) is 3.88. The van der Waals surface area contributed by atoms with Gasteiger partial charge in [0.2, 0.25) is 0 Å². The summed E-state index contributed by atoms with van der Waals surface area (Å²) in [6.07, 6.45) is 10.2. The van der Waals surface area contributed by atoms with Gasteiger partial charge in [0, 0.05) is 6.54 Å². The number of ether oxygens (including phenoxy) is 1. The maximum atomic E-state index is 11.8. The lowest BCUT2D eigenvalue weighted by Crippen LogP contribution is -2.37. The first kappa shape index (κ1) is 11.3. The molecule has 2 rings (SSSR count). The molecule has 1 saturated heterocycles. The smallest absolute Gasteiger partial charge is 0.410 e. The third-order valence-electron chi connectivity index (χ3n) is 3.81. The number of nitrogens with zero attached hydrogens (tertiary/aromatic N) is 1. The largest absolute Gasteiger partial charge is 0.450 e. The number of hydrogen-bond donors (Lipinski definition) is 0. The first-order valence-electron chi connectivity index (χ1n) is 6.17. The van der Waals surface area contributed by atoms with Crippen LogP contribution in [0.3, 0.4) is 0 Å². The molecule has 0 aromatic carbocycles. The fraction of sp³-hybridized carbons (Fsp3) is 0.769. The number of rotatable bonds is 1. The van der Waals surface area contributed by atoms with Crippen LogP contribution >= 0.6 is 0 Å². The van der Waals surface area contributed by atoms with Crippen LogP contribution in [0.2, 0.25) is 0 Å². The van der Waals surface area contributed by atoms with E-state index in [4.69, 9.17) is 11.2 Å². The van der Waals surface area contributed by atoms with Crippen molar-refractivity contribution in [3.05, 3.63) is 0 Å². The number of fused-ring (bicyclic) bond motifs is 1. The highest BCUT2D eigenvalue weighted by molar-refractivity contribution is 5.69. The molecule has 0 N–H and O–H groups in total. The zero-order valence-corrected chi connectivity index (χ0v) is 9.82. The highest BCUT2D eigenvalue weighted by Crippen LogP contribution is 2.40. The second-order valence-electron chi connectivity index (χ2n) is 4.67. The molecule has 3 nitrogen and oxygen atoms in total. The van der Waals surface area contributed by atoms with Gasteiger partial charge in [0.25, 0.3) is 0 Å². The molecule has 0 aromatic heterocycles. The highest BCUT2D eigenvalue weighted by Gasteiger charge is 2.44. The summed E-state index contributed by atoms with van der Waals surface area (Å²) in [6.45, 7) is 3.03. The van der Waals surface area contributed by atoms with Crippen LogP contribution in [0.25, 0.3) is 0 Å². The molecule has 1 heterocycles. The number of terminal acetylenes is 1. The molecule has 3 atom stereocenters. The molecule has 3 unspecified atom stereocenters. The Morgan fingerprint density at radius 3 is 2.94 bits per heavy atom. The lowest BCUT2D eigenvalue weighted by molar-refractivity contribution is 0.106. The van der Waals surface area contributed by atoms with E-state index in [1.54, 1.807) is 4.90 Å². The maximum Gasteiger partial charge on any atom is 0.410 e. The van der Waals surface area contributed by atoms with Gasteiger partial charge in [-0.05, 0) is 31.6 Å². The van der Waals surface area contributed by atoms with Crippen LogP contribution in [0.4, 0.5) is 4.79 Å². The fourth-order valence-corrected chi connectivity index (χ4v) is 3.08. The molecule has 1 aliphatic carbocycles. The Labute approximate surface area is 97.1 Å². The van der Waals surface area contributed by atoms with E-state index < -0.39 is 0 Å². The second kappa shape index (κ2) is 4.78. The van der Waals surface area contributed by atoms with Crippen LogP contribution in [0.15, 0.2) is 0 Å². The summed E-state index contributed by atoms with van der Waals surface area (Å²) in [5, 5.41) is 0. The van der Waals surface area contributed by atoms with E-state index in [1.165, 1.54) is 19.3 Å². The van der Waals surface area contributed by atoms with Gasteiger partial charge < -0.3 is 4.74 Å². The molecule has 0 bridgehead atoms. The highest BCUT2D eigenvalue weighted by atomic mass is 16.6. The number of amides is 1. The zero-order chi connectivity index (χ0) is 11.5. The molecule has 0 spiro atoms. The Hall–Kier alpha value is -1.17. The van der Waals surface area contributed by atoms with Crippen LogP contribution in [0, 0.1) is 24.2 Å². The summed E-state index contributed by atoms with van der Waals surface area (Å²) in [5.41, 5.74) is 0. The monoisotopic (exact) mass is 221 g/mol. The number of carbonyl (C=O) groups excluding carboxylic acids is 1. The van der Waals surface area contributed by atoms with Crippen molar-refractivity contribution in [3.63, 3.8) is 0 Å². The standard InChI is InChI=1S/C13H19NO2/c1-3-12-11-8-6-5-7-10(11)9-14(12)13(15)16-4-2/h1,10-12H,4-9H2,2H3. The average molecular weight is 221 g/mol. The molecule has 1 amide bonds. The topological polar surface area (TPSA) is 29.5 Å². The number of hydrogen-bond acceptors (Lipinski definition) is 2. The van der Waals surface area contributed by atoms with Gasteiger partial charge in [-0.3, -0.25) is 4.90 Å². The summed E-state index contributed by atoms with van der Waals surface area (Å²) < 4.78 is 5.06.